The summed E-state index contributed by atoms with van der Waals surface area (Å²) in [7, 11) is 0. The van der Waals surface area contributed by atoms with Crippen molar-refractivity contribution in [2.45, 2.75) is 52.6 Å². The van der Waals surface area contributed by atoms with E-state index < -0.39 is 0 Å². The molecule has 140 valence electrons. The Labute approximate surface area is 159 Å². The molecule has 2 heteroatoms. The molecule has 0 aliphatic rings. The molecule has 0 aromatic heterocycles. The fourth-order valence-electron chi connectivity index (χ4n) is 2.75. The summed E-state index contributed by atoms with van der Waals surface area (Å²) in [5.41, 5.74) is 5.39. The molecule has 0 spiro atoms. The molecule has 0 aliphatic carbocycles. The third-order valence-electron chi connectivity index (χ3n) is 4.20. The van der Waals surface area contributed by atoms with Gasteiger partial charge in [0.05, 0.1) is 0 Å². The van der Waals surface area contributed by atoms with Crippen LogP contribution in [0, 0.1) is 0 Å². The Bertz CT molecular complexity index is 638. The molecule has 0 unspecified atom stereocenters. The smallest absolute Gasteiger partial charge is 0.0219 e. The summed E-state index contributed by atoms with van der Waals surface area (Å²) in [6.07, 6.45) is 0. The predicted octanol–water partition coefficient (Wildman–Crippen LogP) is 5.37. The van der Waals surface area contributed by atoms with Crippen molar-refractivity contribution in [3.8, 4) is 0 Å². The number of benzene rings is 2. The summed E-state index contributed by atoms with van der Waals surface area (Å²) in [6.45, 7) is 15.0. The van der Waals surface area contributed by atoms with E-state index in [2.05, 4.69) is 113 Å². The van der Waals surface area contributed by atoms with Gasteiger partial charge in [0.2, 0.25) is 0 Å². The standard InChI is InChI=1S/C24H34N2/c1-23(2,3)25-17-21(19-13-9-7-10-14-19)22(18-26-24(4,5)6)20-15-11-8-12-16-20/h7-16,25-26H,17-18H2,1-6H3/b22-21+. The topological polar surface area (TPSA) is 24.1 Å². The van der Waals surface area contributed by atoms with E-state index in [4.69, 9.17) is 0 Å². The first kappa shape index (κ1) is 20.4. The second-order valence-electron chi connectivity index (χ2n) is 8.90. The highest BCUT2D eigenvalue weighted by Gasteiger charge is 2.17. The average molecular weight is 351 g/mol. The predicted molar refractivity (Wildman–Crippen MR) is 115 cm³/mol. The van der Waals surface area contributed by atoms with Crippen LogP contribution in [0.1, 0.15) is 52.7 Å². The van der Waals surface area contributed by atoms with E-state index in [9.17, 15) is 0 Å². The van der Waals surface area contributed by atoms with Gasteiger partial charge in [0.1, 0.15) is 0 Å². The maximum Gasteiger partial charge on any atom is 0.0219 e. The Balaban J connectivity index is 2.52. The summed E-state index contributed by atoms with van der Waals surface area (Å²) in [5.74, 6) is 0. The fraction of sp³-hybridized carbons (Fsp3) is 0.417. The molecule has 0 saturated carbocycles. The minimum absolute atomic E-state index is 0.0687. The van der Waals surface area contributed by atoms with Gasteiger partial charge in [-0.2, -0.15) is 0 Å². The third kappa shape index (κ3) is 6.78. The molecular formula is C24H34N2. The van der Waals surface area contributed by atoms with E-state index in [0.717, 1.165) is 13.1 Å². The van der Waals surface area contributed by atoms with Gasteiger partial charge in [-0.3, -0.25) is 0 Å². The van der Waals surface area contributed by atoms with Crippen LogP contribution >= 0.6 is 0 Å². The number of hydrogen-bond acceptors (Lipinski definition) is 2. The first-order valence-electron chi connectivity index (χ1n) is 9.49. The van der Waals surface area contributed by atoms with Crippen LogP contribution in [-0.2, 0) is 0 Å². The minimum atomic E-state index is 0.0687. The molecule has 0 radical (unpaired) electrons. The third-order valence-corrected chi connectivity index (χ3v) is 4.20. The van der Waals surface area contributed by atoms with Crippen molar-refractivity contribution in [1.29, 1.82) is 0 Å². The molecular weight excluding hydrogens is 316 g/mol. The largest absolute Gasteiger partial charge is 0.308 e. The van der Waals surface area contributed by atoms with E-state index >= 15 is 0 Å². The zero-order valence-corrected chi connectivity index (χ0v) is 17.2. The Morgan fingerprint density at radius 3 is 1.15 bits per heavy atom. The van der Waals surface area contributed by atoms with Crippen LogP contribution in [0.4, 0.5) is 0 Å². The zero-order valence-electron chi connectivity index (χ0n) is 17.2. The molecule has 2 aromatic carbocycles. The van der Waals surface area contributed by atoms with Crippen molar-refractivity contribution in [2.24, 2.45) is 0 Å². The van der Waals surface area contributed by atoms with Crippen molar-refractivity contribution in [2.75, 3.05) is 13.1 Å². The molecule has 2 aromatic rings. The van der Waals surface area contributed by atoms with Crippen LogP contribution in [0.5, 0.6) is 0 Å². The number of hydrogen-bond donors (Lipinski definition) is 2. The SMILES string of the molecule is CC(C)(C)NC/C(=C(/CNC(C)(C)C)c1ccccc1)c1ccccc1. The van der Waals surface area contributed by atoms with Gasteiger partial charge in [-0.1, -0.05) is 60.7 Å². The molecule has 0 bridgehead atoms. The monoisotopic (exact) mass is 350 g/mol. The van der Waals surface area contributed by atoms with Crippen molar-refractivity contribution in [1.82, 2.24) is 10.6 Å². The van der Waals surface area contributed by atoms with Crippen LogP contribution in [0.25, 0.3) is 11.1 Å². The maximum absolute atomic E-state index is 3.68. The normalized spacial score (nSPS) is 13.5. The van der Waals surface area contributed by atoms with Gasteiger partial charge in [-0.15, -0.1) is 0 Å². The molecule has 26 heavy (non-hydrogen) atoms. The van der Waals surface area contributed by atoms with Crippen LogP contribution in [-0.4, -0.2) is 24.2 Å². The van der Waals surface area contributed by atoms with E-state index in [1.165, 1.54) is 22.3 Å². The fourth-order valence-corrected chi connectivity index (χ4v) is 2.75. The van der Waals surface area contributed by atoms with E-state index in [1.807, 2.05) is 0 Å². The van der Waals surface area contributed by atoms with Gasteiger partial charge in [0.25, 0.3) is 0 Å². The van der Waals surface area contributed by atoms with Gasteiger partial charge in [-0.05, 0) is 63.8 Å². The molecule has 0 saturated heterocycles. The Hall–Kier alpha value is -1.90. The first-order valence-corrected chi connectivity index (χ1v) is 9.49. The Morgan fingerprint density at radius 2 is 0.885 bits per heavy atom. The van der Waals surface area contributed by atoms with Crippen molar-refractivity contribution in [3.63, 3.8) is 0 Å². The van der Waals surface area contributed by atoms with E-state index in [1.54, 1.807) is 0 Å². The highest BCUT2D eigenvalue weighted by atomic mass is 15.0. The molecule has 0 fully saturated rings. The van der Waals surface area contributed by atoms with E-state index in [-0.39, 0.29) is 11.1 Å². The highest BCUT2D eigenvalue weighted by molar-refractivity contribution is 5.92. The molecule has 0 aliphatic heterocycles. The lowest BCUT2D eigenvalue weighted by molar-refractivity contribution is 0.448. The van der Waals surface area contributed by atoms with Gasteiger partial charge in [-0.25, -0.2) is 0 Å². The quantitative estimate of drug-likeness (QED) is 0.684. The van der Waals surface area contributed by atoms with Crippen LogP contribution in [0.2, 0.25) is 0 Å². The number of rotatable bonds is 6. The van der Waals surface area contributed by atoms with Crippen molar-refractivity contribution < 1.29 is 0 Å². The molecule has 2 rings (SSSR count). The molecule has 0 amide bonds. The summed E-state index contributed by atoms with van der Waals surface area (Å²) >= 11 is 0. The lowest BCUT2D eigenvalue weighted by atomic mass is 9.93. The summed E-state index contributed by atoms with van der Waals surface area (Å²) in [5, 5.41) is 7.36. The first-order chi connectivity index (χ1) is 12.2. The van der Waals surface area contributed by atoms with Crippen LogP contribution in [0.3, 0.4) is 0 Å². The van der Waals surface area contributed by atoms with Crippen LogP contribution in [0.15, 0.2) is 60.7 Å². The van der Waals surface area contributed by atoms with Gasteiger partial charge in [0, 0.05) is 24.2 Å². The summed E-state index contributed by atoms with van der Waals surface area (Å²) < 4.78 is 0. The van der Waals surface area contributed by atoms with E-state index in [0.29, 0.717) is 0 Å². The number of nitrogens with one attached hydrogen (secondary N) is 2. The summed E-state index contributed by atoms with van der Waals surface area (Å²) in [6, 6.07) is 21.5. The minimum Gasteiger partial charge on any atom is -0.308 e. The van der Waals surface area contributed by atoms with Crippen LogP contribution < -0.4 is 10.6 Å². The lowest BCUT2D eigenvalue weighted by Crippen LogP contribution is -2.39. The van der Waals surface area contributed by atoms with Gasteiger partial charge >= 0.3 is 0 Å². The second-order valence-corrected chi connectivity index (χ2v) is 8.90. The van der Waals surface area contributed by atoms with Gasteiger partial charge < -0.3 is 10.6 Å². The molecule has 0 heterocycles. The summed E-state index contributed by atoms with van der Waals surface area (Å²) in [4.78, 5) is 0. The van der Waals surface area contributed by atoms with Gasteiger partial charge in [0.15, 0.2) is 0 Å². The van der Waals surface area contributed by atoms with Crippen molar-refractivity contribution >= 4 is 11.1 Å². The lowest BCUT2D eigenvalue weighted by Gasteiger charge is -2.26. The molecule has 0 atom stereocenters. The maximum atomic E-state index is 3.68. The molecule has 2 N–H and O–H groups in total. The highest BCUT2D eigenvalue weighted by Crippen LogP contribution is 2.27. The molecule has 2 nitrogen and oxygen atoms in total. The second kappa shape index (κ2) is 8.66. The Morgan fingerprint density at radius 1 is 0.577 bits per heavy atom. The zero-order chi connectivity index (χ0) is 19.2. The Kier molecular flexibility index (Phi) is 6.80. The average Bonchev–Trinajstić information content (AvgIpc) is 2.57. The van der Waals surface area contributed by atoms with Crippen molar-refractivity contribution in [3.05, 3.63) is 71.8 Å².